The monoisotopic (exact) mass is 475 g/mol. The molecular formula is C22H19ClFN3O4S. The number of fused-ring (bicyclic) bond motifs is 1. The predicted molar refractivity (Wildman–Crippen MR) is 118 cm³/mol. The van der Waals surface area contributed by atoms with Gasteiger partial charge in [-0.15, -0.1) is 11.3 Å². The number of aromatic nitrogens is 1. The fourth-order valence-electron chi connectivity index (χ4n) is 3.60. The maximum absolute atomic E-state index is 13.2. The number of amides is 2. The van der Waals surface area contributed by atoms with Gasteiger partial charge in [0.2, 0.25) is 0 Å². The van der Waals surface area contributed by atoms with Gasteiger partial charge in [-0.25, -0.2) is 19.0 Å². The van der Waals surface area contributed by atoms with Gasteiger partial charge in [0.05, 0.1) is 22.1 Å². The quantitative estimate of drug-likeness (QED) is 0.556. The van der Waals surface area contributed by atoms with Gasteiger partial charge in [0.15, 0.2) is 6.61 Å². The fourth-order valence-corrected chi connectivity index (χ4v) is 4.75. The lowest BCUT2D eigenvalue weighted by Gasteiger charge is -2.36. The normalized spacial score (nSPS) is 15.2. The van der Waals surface area contributed by atoms with Crippen molar-refractivity contribution in [2.24, 2.45) is 0 Å². The number of nitrogens with one attached hydrogen (secondary N) is 1. The van der Waals surface area contributed by atoms with Crippen molar-refractivity contribution in [2.45, 2.75) is 19.0 Å². The topological polar surface area (TPSA) is 91.8 Å². The van der Waals surface area contributed by atoms with Crippen LogP contribution < -0.4 is 10.1 Å². The van der Waals surface area contributed by atoms with E-state index in [2.05, 4.69) is 10.3 Å². The van der Waals surface area contributed by atoms with Gasteiger partial charge in [-0.2, -0.15) is 0 Å². The molecule has 10 heteroatoms. The molecular weight excluding hydrogens is 457 g/mol. The highest BCUT2D eigenvalue weighted by Gasteiger charge is 2.36. The Morgan fingerprint density at radius 1 is 1.28 bits per heavy atom. The second-order valence-electron chi connectivity index (χ2n) is 7.16. The van der Waals surface area contributed by atoms with Crippen molar-refractivity contribution in [3.8, 4) is 5.75 Å². The summed E-state index contributed by atoms with van der Waals surface area (Å²) in [5, 5.41) is 12.3. The molecule has 2 aromatic carbocycles. The Bertz CT molecular complexity index is 1140. The summed E-state index contributed by atoms with van der Waals surface area (Å²) in [6.45, 7) is 0.116. The number of carboxylic acid groups (broad SMARTS) is 1. The van der Waals surface area contributed by atoms with Gasteiger partial charge in [0.25, 0.3) is 0 Å². The van der Waals surface area contributed by atoms with Crippen LogP contribution in [-0.4, -0.2) is 40.1 Å². The lowest BCUT2D eigenvalue weighted by Crippen LogP contribution is -2.45. The van der Waals surface area contributed by atoms with Gasteiger partial charge >= 0.3 is 12.0 Å². The second kappa shape index (κ2) is 9.54. The number of nitrogens with zero attached hydrogens (tertiary/aromatic N) is 2. The van der Waals surface area contributed by atoms with E-state index in [0.29, 0.717) is 29.3 Å². The number of carbonyl (C=O) groups excluding carboxylic acids is 1. The molecule has 7 nitrogen and oxygen atoms in total. The summed E-state index contributed by atoms with van der Waals surface area (Å²) >= 11 is 7.66. The minimum absolute atomic E-state index is 0.232. The van der Waals surface area contributed by atoms with Crippen LogP contribution in [0.25, 0.3) is 0 Å². The zero-order valence-electron chi connectivity index (χ0n) is 16.8. The molecule has 0 radical (unpaired) electrons. The summed E-state index contributed by atoms with van der Waals surface area (Å²) in [4.78, 5) is 31.2. The minimum Gasteiger partial charge on any atom is -0.482 e. The lowest BCUT2D eigenvalue weighted by atomic mass is 9.97. The van der Waals surface area contributed by atoms with Crippen molar-refractivity contribution < 1.29 is 23.8 Å². The van der Waals surface area contributed by atoms with E-state index in [1.54, 1.807) is 40.7 Å². The third-order valence-electron chi connectivity index (χ3n) is 5.06. The molecule has 4 rings (SSSR count). The van der Waals surface area contributed by atoms with Gasteiger partial charge < -0.3 is 20.1 Å². The molecule has 1 atom stereocenters. The highest BCUT2D eigenvalue weighted by molar-refractivity contribution is 7.09. The Labute approximate surface area is 192 Å². The SMILES string of the molecule is O=C(O)COc1ccc(Cl)cc1C1c2scnc2CCN1C(=O)NCc1ccc(F)cc1. The third kappa shape index (κ3) is 4.84. The summed E-state index contributed by atoms with van der Waals surface area (Å²) in [7, 11) is 0. The first kappa shape index (κ1) is 22.0. The molecule has 2 amide bonds. The summed E-state index contributed by atoms with van der Waals surface area (Å²) in [6.07, 6.45) is 0.588. The molecule has 2 heterocycles. The van der Waals surface area contributed by atoms with Crippen molar-refractivity contribution in [3.05, 3.63) is 80.5 Å². The van der Waals surface area contributed by atoms with Crippen LogP contribution in [0.3, 0.4) is 0 Å². The number of aliphatic carboxylic acids is 1. The van der Waals surface area contributed by atoms with Crippen LogP contribution in [0.1, 0.15) is 27.7 Å². The number of hydrogen-bond acceptors (Lipinski definition) is 5. The smallest absolute Gasteiger partial charge is 0.341 e. The summed E-state index contributed by atoms with van der Waals surface area (Å²) in [5.41, 5.74) is 3.95. The highest BCUT2D eigenvalue weighted by atomic mass is 35.5. The Hall–Kier alpha value is -3.17. The molecule has 166 valence electrons. The van der Waals surface area contributed by atoms with Crippen molar-refractivity contribution >= 4 is 34.9 Å². The van der Waals surface area contributed by atoms with Gasteiger partial charge in [0.1, 0.15) is 11.6 Å². The number of carbonyl (C=O) groups is 2. The lowest BCUT2D eigenvalue weighted by molar-refractivity contribution is -0.139. The highest BCUT2D eigenvalue weighted by Crippen LogP contribution is 2.42. The van der Waals surface area contributed by atoms with E-state index in [-0.39, 0.29) is 18.4 Å². The minimum atomic E-state index is -1.11. The van der Waals surface area contributed by atoms with Crippen LogP contribution in [0.2, 0.25) is 5.02 Å². The van der Waals surface area contributed by atoms with Crippen LogP contribution in [0.4, 0.5) is 9.18 Å². The number of rotatable bonds is 6. The molecule has 0 saturated heterocycles. The van der Waals surface area contributed by atoms with Gasteiger partial charge in [0, 0.05) is 30.1 Å². The predicted octanol–water partition coefficient (Wildman–Crippen LogP) is 4.26. The summed E-state index contributed by atoms with van der Waals surface area (Å²) in [5.74, 6) is -1.12. The first-order chi connectivity index (χ1) is 15.4. The van der Waals surface area contributed by atoms with E-state index in [4.69, 9.17) is 21.4 Å². The summed E-state index contributed by atoms with van der Waals surface area (Å²) < 4.78 is 18.6. The molecule has 1 unspecified atom stereocenters. The van der Waals surface area contributed by atoms with Crippen LogP contribution in [-0.2, 0) is 17.8 Å². The van der Waals surface area contributed by atoms with Crippen LogP contribution in [0.5, 0.6) is 5.75 Å². The molecule has 3 aromatic rings. The van der Waals surface area contributed by atoms with Crippen molar-refractivity contribution in [2.75, 3.05) is 13.2 Å². The van der Waals surface area contributed by atoms with Crippen molar-refractivity contribution in [1.82, 2.24) is 15.2 Å². The maximum Gasteiger partial charge on any atom is 0.341 e. The molecule has 32 heavy (non-hydrogen) atoms. The molecule has 0 spiro atoms. The van der Waals surface area contributed by atoms with E-state index in [0.717, 1.165) is 16.1 Å². The molecule has 0 aliphatic carbocycles. The van der Waals surface area contributed by atoms with E-state index in [1.165, 1.54) is 23.5 Å². The largest absolute Gasteiger partial charge is 0.482 e. The van der Waals surface area contributed by atoms with Crippen molar-refractivity contribution in [1.29, 1.82) is 0 Å². The number of ether oxygens (including phenoxy) is 1. The summed E-state index contributed by atoms with van der Waals surface area (Å²) in [6, 6.07) is 9.93. The first-order valence-corrected chi connectivity index (χ1v) is 11.0. The van der Waals surface area contributed by atoms with Crippen LogP contribution in [0.15, 0.2) is 48.0 Å². The zero-order chi connectivity index (χ0) is 22.7. The van der Waals surface area contributed by atoms with E-state index in [1.807, 2.05) is 0 Å². The van der Waals surface area contributed by atoms with Crippen molar-refractivity contribution in [3.63, 3.8) is 0 Å². The Morgan fingerprint density at radius 2 is 2.06 bits per heavy atom. The standard InChI is InChI=1S/C22H19ClFN3O4S/c23-14-3-6-18(31-11-19(28)29)16(9-14)20-21-17(26-12-32-21)7-8-27(20)22(30)25-10-13-1-4-15(24)5-2-13/h1-6,9,12,20H,7-8,10-11H2,(H,25,30)(H,28,29). The van der Waals surface area contributed by atoms with Gasteiger partial charge in [-0.3, -0.25) is 0 Å². The maximum atomic E-state index is 13.2. The number of hydrogen-bond donors (Lipinski definition) is 2. The van der Waals surface area contributed by atoms with Gasteiger partial charge in [-0.05, 0) is 35.9 Å². The van der Waals surface area contributed by atoms with Crippen LogP contribution in [0, 0.1) is 5.82 Å². The fraction of sp³-hybridized carbons (Fsp3) is 0.227. The molecule has 0 saturated carbocycles. The van der Waals surface area contributed by atoms with E-state index < -0.39 is 18.6 Å². The zero-order valence-corrected chi connectivity index (χ0v) is 18.3. The molecule has 0 bridgehead atoms. The van der Waals surface area contributed by atoms with E-state index in [9.17, 15) is 14.0 Å². The number of urea groups is 1. The van der Waals surface area contributed by atoms with E-state index >= 15 is 0 Å². The third-order valence-corrected chi connectivity index (χ3v) is 6.22. The first-order valence-electron chi connectivity index (χ1n) is 9.77. The Morgan fingerprint density at radius 3 is 2.81 bits per heavy atom. The number of halogens is 2. The number of carboxylic acids is 1. The molecule has 2 N–H and O–H groups in total. The molecule has 1 aliphatic heterocycles. The second-order valence-corrected chi connectivity index (χ2v) is 8.48. The Balaban J connectivity index is 1.64. The van der Waals surface area contributed by atoms with Gasteiger partial charge in [-0.1, -0.05) is 23.7 Å². The van der Waals surface area contributed by atoms with Crippen LogP contribution >= 0.6 is 22.9 Å². The Kier molecular flexibility index (Phi) is 6.57. The average molecular weight is 476 g/mol. The number of thiazole rings is 1. The molecule has 1 aliphatic rings. The molecule has 0 fully saturated rings. The number of benzene rings is 2. The average Bonchev–Trinajstić information content (AvgIpc) is 3.26. The molecule has 1 aromatic heterocycles.